The van der Waals surface area contributed by atoms with E-state index in [1.807, 2.05) is 42.5 Å². The smallest absolute Gasteiger partial charge is 0.254 e. The molecule has 0 saturated carbocycles. The summed E-state index contributed by atoms with van der Waals surface area (Å²) in [5, 5.41) is 14.8. The van der Waals surface area contributed by atoms with E-state index in [0.29, 0.717) is 40.3 Å². The molecule has 4 N–H and O–H groups in total. The minimum Gasteiger partial charge on any atom is -0.494 e. The number of nitrogens with one attached hydrogen (secondary N) is 4. The maximum atomic E-state index is 13.1. The lowest BCUT2D eigenvalue weighted by molar-refractivity contribution is 0.0675. The van der Waals surface area contributed by atoms with E-state index in [4.69, 9.17) is 16.3 Å². The van der Waals surface area contributed by atoms with Crippen LogP contribution in [0.1, 0.15) is 86.6 Å². The molecule has 0 radical (unpaired) electrons. The van der Waals surface area contributed by atoms with Crippen LogP contribution in [0.3, 0.4) is 0 Å². The number of fused-ring (bicyclic) bond motifs is 1. The molecule has 8 rings (SSSR count). The topological polar surface area (TPSA) is 130 Å². The van der Waals surface area contributed by atoms with E-state index in [1.165, 1.54) is 83.2 Å². The number of aromatic nitrogens is 2. The molecule has 1 amide bonds. The van der Waals surface area contributed by atoms with Crippen LogP contribution in [0.2, 0.25) is 5.02 Å². The molecule has 0 bridgehead atoms. The summed E-state index contributed by atoms with van der Waals surface area (Å²) in [6, 6.07) is 20.9. The summed E-state index contributed by atoms with van der Waals surface area (Å²) in [4.78, 5) is 32.2. The summed E-state index contributed by atoms with van der Waals surface area (Å²) in [5.41, 5.74) is 5.83. The van der Waals surface area contributed by atoms with E-state index in [-0.39, 0.29) is 5.91 Å². The van der Waals surface area contributed by atoms with Gasteiger partial charge in [0.15, 0.2) is 5.82 Å². The van der Waals surface area contributed by atoms with Gasteiger partial charge in [-0.2, -0.15) is 4.98 Å². The highest BCUT2D eigenvalue weighted by molar-refractivity contribution is 7.70. The first-order valence-corrected chi connectivity index (χ1v) is 27.1. The van der Waals surface area contributed by atoms with Crippen molar-refractivity contribution in [2.45, 2.75) is 89.3 Å². The molecule has 3 aromatic carbocycles. The Morgan fingerprint density at radius 3 is 2.34 bits per heavy atom. The quantitative estimate of drug-likeness (QED) is 0.0499. The molecule has 1 atom stereocenters. The number of piperidine rings is 2. The molecule has 1 aromatic heterocycles. The van der Waals surface area contributed by atoms with E-state index >= 15 is 0 Å². The maximum Gasteiger partial charge on any atom is 0.254 e. The Kier molecular flexibility index (Phi) is 16.2. The van der Waals surface area contributed by atoms with Crippen LogP contribution in [0, 0.1) is 0 Å². The number of unbranched alkanes of at least 4 members (excludes halogenated alkanes) is 6. The number of benzene rings is 3. The summed E-state index contributed by atoms with van der Waals surface area (Å²) < 4.78 is 18.8. The van der Waals surface area contributed by atoms with Gasteiger partial charge in [-0.25, -0.2) is 4.98 Å². The molecular weight excluding hydrogens is 855 g/mol. The van der Waals surface area contributed by atoms with Crippen molar-refractivity contribution in [3.05, 3.63) is 83.0 Å². The van der Waals surface area contributed by atoms with Gasteiger partial charge in [-0.3, -0.25) is 9.69 Å². The van der Waals surface area contributed by atoms with Gasteiger partial charge in [0.05, 0.1) is 24.7 Å². The fourth-order valence-corrected chi connectivity index (χ4v) is 11.4. The van der Waals surface area contributed by atoms with Crippen molar-refractivity contribution in [1.82, 2.24) is 30.0 Å². The summed E-state index contributed by atoms with van der Waals surface area (Å²) in [6.45, 7) is 15.1. The number of methoxy groups -OCH3 is 1. The fraction of sp³-hybridized carbons (Fsp3) is 0.540. The number of rotatable bonds is 20. The zero-order valence-corrected chi connectivity index (χ0v) is 40.4. The number of amides is 1. The minimum atomic E-state index is -2.53. The zero-order chi connectivity index (χ0) is 45.2. The Hall–Kier alpha value is -4.39. The summed E-state index contributed by atoms with van der Waals surface area (Å²) >= 11 is 6.50. The Balaban J connectivity index is 0.693. The number of para-hydroxylation sites is 1. The molecule has 3 saturated heterocycles. The van der Waals surface area contributed by atoms with E-state index in [1.54, 1.807) is 26.6 Å². The van der Waals surface area contributed by atoms with Gasteiger partial charge in [-0.15, -0.1) is 0 Å². The molecule has 15 heteroatoms. The number of hydrogen-bond donors (Lipinski definition) is 4. The average molecular weight is 926 g/mol. The fourth-order valence-electron chi connectivity index (χ4n) is 10.1. The lowest BCUT2D eigenvalue weighted by Crippen LogP contribution is -2.53. The number of halogens is 1. The number of nitrogens with zero attached hydrogens (tertiary/aromatic N) is 6. The van der Waals surface area contributed by atoms with E-state index in [9.17, 15) is 9.36 Å². The highest BCUT2D eigenvalue weighted by atomic mass is 35.5. The van der Waals surface area contributed by atoms with Crippen molar-refractivity contribution in [2.75, 3.05) is 107 Å². The van der Waals surface area contributed by atoms with Crippen molar-refractivity contribution in [1.29, 1.82) is 0 Å². The second kappa shape index (κ2) is 22.4. The number of carbonyl (C=O) groups is 1. The Labute approximate surface area is 391 Å². The van der Waals surface area contributed by atoms with Crippen LogP contribution in [0.5, 0.6) is 5.75 Å². The van der Waals surface area contributed by atoms with Crippen LogP contribution in [0.4, 0.5) is 34.5 Å². The predicted molar refractivity (Wildman–Crippen MR) is 268 cm³/mol. The molecule has 4 aliphatic heterocycles. The monoisotopic (exact) mass is 925 g/mol. The van der Waals surface area contributed by atoms with Gasteiger partial charge in [-0.1, -0.05) is 61.9 Å². The van der Waals surface area contributed by atoms with Crippen LogP contribution in [-0.2, 0) is 11.1 Å². The van der Waals surface area contributed by atoms with Gasteiger partial charge in [-0.05, 0) is 101 Å². The standard InChI is InChI=1S/C50H70ClN10O3P/c1-64-46-33-38(20-21-44(46)56-50-54-35-42(51)48(57-50)55-45-17-9-10-19-47(45)65(2,3)63)59-27-22-37(23-28-59)60-31-29-58(30-32-60)26-12-8-6-4-5-7-11-25-53-43-18-13-16-40-41(43)36-61(49(40)62)39-15-14-24-52-34-39/h9-10,13,16-21,33,35,37,39,52-53H,4-8,11-12,14-15,22-32,34,36H2,1-3H3,(H2,54,55,56,57). The first kappa shape index (κ1) is 47.1. The third-order valence-electron chi connectivity index (χ3n) is 13.8. The predicted octanol–water partition coefficient (Wildman–Crippen LogP) is 9.01. The number of hydrogen-bond acceptors (Lipinski definition) is 12. The normalized spacial score (nSPS) is 18.8. The zero-order valence-electron chi connectivity index (χ0n) is 38.8. The van der Waals surface area contributed by atoms with Crippen molar-refractivity contribution >= 4 is 64.5 Å². The molecule has 350 valence electrons. The summed E-state index contributed by atoms with van der Waals surface area (Å²) in [5.74, 6) is 1.71. The molecular formula is C50H70ClN10O3P. The number of piperazine rings is 1. The highest BCUT2D eigenvalue weighted by Gasteiger charge is 2.35. The third kappa shape index (κ3) is 12.1. The molecule has 65 heavy (non-hydrogen) atoms. The molecule has 4 aliphatic rings. The van der Waals surface area contributed by atoms with E-state index in [0.717, 1.165) is 92.9 Å². The van der Waals surface area contributed by atoms with Crippen LogP contribution >= 0.6 is 18.7 Å². The minimum absolute atomic E-state index is 0.202. The first-order chi connectivity index (χ1) is 31.6. The van der Waals surface area contributed by atoms with Gasteiger partial charge in [0.1, 0.15) is 17.9 Å². The van der Waals surface area contributed by atoms with Crippen LogP contribution in [-0.4, -0.2) is 129 Å². The van der Waals surface area contributed by atoms with E-state index < -0.39 is 7.14 Å². The van der Waals surface area contributed by atoms with Crippen molar-refractivity contribution < 1.29 is 14.1 Å². The van der Waals surface area contributed by atoms with Gasteiger partial charge < -0.3 is 45.3 Å². The maximum absolute atomic E-state index is 13.1. The van der Waals surface area contributed by atoms with Crippen molar-refractivity contribution in [2.24, 2.45) is 0 Å². The number of ether oxygens (including phenoxy) is 1. The molecule has 13 nitrogen and oxygen atoms in total. The van der Waals surface area contributed by atoms with Gasteiger partial charge in [0, 0.05) is 105 Å². The lowest BCUT2D eigenvalue weighted by Gasteiger charge is -2.43. The lowest BCUT2D eigenvalue weighted by atomic mass is 10.0. The average Bonchev–Trinajstić information content (AvgIpc) is 3.67. The van der Waals surface area contributed by atoms with Crippen molar-refractivity contribution in [3.8, 4) is 5.75 Å². The van der Waals surface area contributed by atoms with Crippen LogP contribution in [0.15, 0.2) is 66.9 Å². The SMILES string of the molecule is COc1cc(N2CCC(N3CCN(CCCCCCCCCNc4cccc5c4CN(C4CCCNC4)C5=O)CC3)CC2)ccc1Nc1ncc(Cl)c(Nc2ccccc2P(C)(C)=O)n1. The molecule has 5 heterocycles. The Bertz CT molecular complexity index is 2250. The Morgan fingerprint density at radius 1 is 0.831 bits per heavy atom. The molecule has 0 aliphatic carbocycles. The number of anilines is 6. The summed E-state index contributed by atoms with van der Waals surface area (Å²) in [7, 11) is -0.847. The van der Waals surface area contributed by atoms with Gasteiger partial charge >= 0.3 is 0 Å². The third-order valence-corrected chi connectivity index (χ3v) is 15.7. The molecule has 1 unspecified atom stereocenters. The van der Waals surface area contributed by atoms with Crippen LogP contribution in [0.25, 0.3) is 0 Å². The number of carbonyl (C=O) groups excluding carboxylic acids is 1. The van der Waals surface area contributed by atoms with E-state index in [2.05, 4.69) is 69.0 Å². The largest absolute Gasteiger partial charge is 0.494 e. The highest BCUT2D eigenvalue weighted by Crippen LogP contribution is 2.39. The van der Waals surface area contributed by atoms with Gasteiger partial charge in [0.25, 0.3) is 5.91 Å². The first-order valence-electron chi connectivity index (χ1n) is 24.1. The van der Waals surface area contributed by atoms with Crippen LogP contribution < -0.4 is 36.2 Å². The molecule has 0 spiro atoms. The Morgan fingerprint density at radius 2 is 1.58 bits per heavy atom. The van der Waals surface area contributed by atoms with Gasteiger partial charge in [0.2, 0.25) is 5.95 Å². The molecule has 3 fully saturated rings. The van der Waals surface area contributed by atoms with Crippen molar-refractivity contribution in [3.63, 3.8) is 0 Å². The second-order valence-corrected chi connectivity index (χ2v) is 22.2. The summed E-state index contributed by atoms with van der Waals surface area (Å²) in [6.07, 6.45) is 15.1. The molecule has 4 aromatic rings. The second-order valence-electron chi connectivity index (χ2n) is 18.7.